The normalized spacial score (nSPS) is 11.6. The molecule has 112 valence electrons. The molecule has 1 aromatic heterocycles. The summed E-state index contributed by atoms with van der Waals surface area (Å²) in [5.41, 5.74) is 6.76. The van der Waals surface area contributed by atoms with E-state index in [1.165, 1.54) is 36.7 Å². The fourth-order valence-corrected chi connectivity index (χ4v) is 2.99. The first-order valence-electron chi connectivity index (χ1n) is 6.25. The zero-order valence-electron chi connectivity index (χ0n) is 11.9. The van der Waals surface area contributed by atoms with Gasteiger partial charge >= 0.3 is 0 Å². The molecule has 0 radical (unpaired) electrons. The molecule has 0 amide bonds. The monoisotopic (exact) mass is 307 g/mol. The molecule has 0 saturated heterocycles. The standard InChI is InChI=1S/C14H17N3O3S/c1-17(10-11-5-3-4-8-16-11)21(18,19)12-6-7-13(15)14(9-12)20-2/h3-9H,10,15H2,1-2H3. The van der Waals surface area contributed by atoms with Gasteiger partial charge in [0.05, 0.1) is 29.9 Å². The van der Waals surface area contributed by atoms with Crippen LogP contribution in [0.15, 0.2) is 47.5 Å². The maximum Gasteiger partial charge on any atom is 0.243 e. The number of rotatable bonds is 5. The number of nitrogen functional groups attached to an aromatic ring is 1. The van der Waals surface area contributed by atoms with Gasteiger partial charge in [-0.3, -0.25) is 4.98 Å². The third kappa shape index (κ3) is 3.32. The molecule has 2 N–H and O–H groups in total. The van der Waals surface area contributed by atoms with E-state index in [0.29, 0.717) is 17.1 Å². The minimum Gasteiger partial charge on any atom is -0.495 e. The van der Waals surface area contributed by atoms with Crippen LogP contribution in [0.1, 0.15) is 5.69 Å². The van der Waals surface area contributed by atoms with Gasteiger partial charge in [0.15, 0.2) is 0 Å². The first kappa shape index (κ1) is 15.3. The minimum atomic E-state index is -3.63. The van der Waals surface area contributed by atoms with Crippen LogP contribution in [0.4, 0.5) is 5.69 Å². The van der Waals surface area contributed by atoms with Crippen LogP contribution in [0, 0.1) is 0 Å². The number of methoxy groups -OCH3 is 1. The van der Waals surface area contributed by atoms with Gasteiger partial charge in [0, 0.05) is 19.3 Å². The van der Waals surface area contributed by atoms with Crippen molar-refractivity contribution in [3.63, 3.8) is 0 Å². The molecule has 0 bridgehead atoms. The average Bonchev–Trinajstić information content (AvgIpc) is 2.48. The summed E-state index contributed by atoms with van der Waals surface area (Å²) in [4.78, 5) is 4.25. The smallest absolute Gasteiger partial charge is 0.243 e. The zero-order chi connectivity index (χ0) is 15.5. The fourth-order valence-electron chi connectivity index (χ4n) is 1.84. The van der Waals surface area contributed by atoms with E-state index in [4.69, 9.17) is 10.5 Å². The van der Waals surface area contributed by atoms with Crippen molar-refractivity contribution in [1.29, 1.82) is 0 Å². The van der Waals surface area contributed by atoms with Crippen molar-refractivity contribution in [1.82, 2.24) is 9.29 Å². The number of anilines is 1. The number of hydrogen-bond donors (Lipinski definition) is 1. The van der Waals surface area contributed by atoms with Crippen LogP contribution in [0.25, 0.3) is 0 Å². The van der Waals surface area contributed by atoms with Crippen LogP contribution in [0.3, 0.4) is 0 Å². The van der Waals surface area contributed by atoms with E-state index in [1.807, 2.05) is 6.07 Å². The number of aromatic nitrogens is 1. The first-order chi connectivity index (χ1) is 9.95. The van der Waals surface area contributed by atoms with E-state index in [9.17, 15) is 8.42 Å². The summed E-state index contributed by atoms with van der Waals surface area (Å²) in [5.74, 6) is 0.335. The Labute approximate surface area is 124 Å². The van der Waals surface area contributed by atoms with Crippen molar-refractivity contribution in [3.8, 4) is 5.75 Å². The molecule has 6 nitrogen and oxygen atoms in total. The molecule has 2 aromatic rings. The first-order valence-corrected chi connectivity index (χ1v) is 7.69. The van der Waals surface area contributed by atoms with Crippen LogP contribution >= 0.6 is 0 Å². The number of ether oxygens (including phenoxy) is 1. The van der Waals surface area contributed by atoms with Gasteiger partial charge in [0.1, 0.15) is 5.75 Å². The molecule has 2 rings (SSSR count). The molecule has 21 heavy (non-hydrogen) atoms. The predicted octanol–water partition coefficient (Wildman–Crippen LogP) is 1.49. The van der Waals surface area contributed by atoms with Crippen molar-refractivity contribution >= 4 is 15.7 Å². The Morgan fingerprint density at radius 1 is 1.29 bits per heavy atom. The van der Waals surface area contributed by atoms with E-state index < -0.39 is 10.0 Å². The molecular weight excluding hydrogens is 290 g/mol. The summed E-state index contributed by atoms with van der Waals surface area (Å²) in [7, 11) is -0.678. The van der Waals surface area contributed by atoms with E-state index in [0.717, 1.165) is 0 Å². The number of pyridine rings is 1. The highest BCUT2D eigenvalue weighted by molar-refractivity contribution is 7.89. The molecule has 1 aromatic carbocycles. The van der Waals surface area contributed by atoms with E-state index in [-0.39, 0.29) is 11.4 Å². The summed E-state index contributed by atoms with van der Waals surface area (Å²) in [6.45, 7) is 0.190. The lowest BCUT2D eigenvalue weighted by Gasteiger charge is -2.17. The molecule has 0 aliphatic heterocycles. The Morgan fingerprint density at radius 2 is 2.05 bits per heavy atom. The van der Waals surface area contributed by atoms with Crippen LogP contribution in [-0.4, -0.2) is 31.9 Å². The molecule has 0 aliphatic carbocycles. The number of nitrogens with zero attached hydrogens (tertiary/aromatic N) is 2. The third-order valence-corrected chi connectivity index (χ3v) is 4.82. The highest BCUT2D eigenvalue weighted by Crippen LogP contribution is 2.26. The quantitative estimate of drug-likeness (QED) is 0.846. The van der Waals surface area contributed by atoms with Gasteiger partial charge in [-0.15, -0.1) is 0 Å². The predicted molar refractivity (Wildman–Crippen MR) is 80.3 cm³/mol. The SMILES string of the molecule is COc1cc(S(=O)(=O)N(C)Cc2ccccn2)ccc1N. The zero-order valence-corrected chi connectivity index (χ0v) is 12.7. The molecule has 0 aliphatic rings. The second-order valence-electron chi connectivity index (χ2n) is 4.49. The molecule has 0 atom stereocenters. The Morgan fingerprint density at radius 3 is 2.67 bits per heavy atom. The van der Waals surface area contributed by atoms with Crippen LogP contribution in [0.2, 0.25) is 0 Å². The number of hydrogen-bond acceptors (Lipinski definition) is 5. The third-order valence-electron chi connectivity index (χ3n) is 3.02. The lowest BCUT2D eigenvalue weighted by molar-refractivity contribution is 0.414. The van der Waals surface area contributed by atoms with Gasteiger partial charge in [0.2, 0.25) is 10.0 Å². The molecule has 0 saturated carbocycles. The molecule has 0 unspecified atom stereocenters. The summed E-state index contributed by atoms with van der Waals surface area (Å²) in [6, 6.07) is 9.76. The largest absolute Gasteiger partial charge is 0.495 e. The van der Waals surface area contributed by atoms with Crippen molar-refractivity contribution in [2.75, 3.05) is 19.9 Å². The van der Waals surface area contributed by atoms with E-state index in [1.54, 1.807) is 18.3 Å². The topological polar surface area (TPSA) is 85.5 Å². The maximum absolute atomic E-state index is 12.5. The Hall–Kier alpha value is -2.12. The number of nitrogens with two attached hydrogens (primary N) is 1. The van der Waals surface area contributed by atoms with Gasteiger partial charge in [-0.05, 0) is 24.3 Å². The van der Waals surface area contributed by atoms with Crippen LogP contribution < -0.4 is 10.5 Å². The van der Waals surface area contributed by atoms with E-state index >= 15 is 0 Å². The van der Waals surface area contributed by atoms with Gasteiger partial charge < -0.3 is 10.5 Å². The summed E-state index contributed by atoms with van der Waals surface area (Å²) in [6.07, 6.45) is 1.63. The maximum atomic E-state index is 12.5. The second kappa shape index (κ2) is 6.11. The Kier molecular flexibility index (Phi) is 4.44. The van der Waals surface area contributed by atoms with Crippen molar-refractivity contribution in [2.24, 2.45) is 0 Å². The van der Waals surface area contributed by atoms with Crippen LogP contribution in [-0.2, 0) is 16.6 Å². The average molecular weight is 307 g/mol. The molecule has 7 heteroatoms. The Balaban J connectivity index is 2.29. The molecule has 0 spiro atoms. The van der Waals surface area contributed by atoms with Crippen LogP contribution in [0.5, 0.6) is 5.75 Å². The Bertz CT molecular complexity index is 717. The van der Waals surface area contributed by atoms with Gasteiger partial charge in [-0.2, -0.15) is 4.31 Å². The number of benzene rings is 1. The van der Waals surface area contributed by atoms with Gasteiger partial charge in [-0.1, -0.05) is 6.07 Å². The summed E-state index contributed by atoms with van der Waals surface area (Å²) >= 11 is 0. The lowest BCUT2D eigenvalue weighted by Crippen LogP contribution is -2.27. The lowest BCUT2D eigenvalue weighted by atomic mass is 10.3. The summed E-state index contributed by atoms with van der Waals surface area (Å²) in [5, 5.41) is 0. The van der Waals surface area contributed by atoms with Crippen molar-refractivity contribution in [3.05, 3.63) is 48.3 Å². The molecule has 1 heterocycles. The van der Waals surface area contributed by atoms with Crippen molar-refractivity contribution < 1.29 is 13.2 Å². The van der Waals surface area contributed by atoms with Gasteiger partial charge in [-0.25, -0.2) is 8.42 Å². The number of sulfonamides is 1. The molecular formula is C14H17N3O3S. The highest BCUT2D eigenvalue weighted by atomic mass is 32.2. The highest BCUT2D eigenvalue weighted by Gasteiger charge is 2.22. The van der Waals surface area contributed by atoms with Gasteiger partial charge in [0.25, 0.3) is 0 Å². The summed E-state index contributed by atoms with van der Waals surface area (Å²) < 4.78 is 31.3. The minimum absolute atomic E-state index is 0.131. The van der Waals surface area contributed by atoms with Crippen molar-refractivity contribution in [2.45, 2.75) is 11.4 Å². The second-order valence-corrected chi connectivity index (χ2v) is 6.53. The molecule has 0 fully saturated rings. The fraction of sp³-hybridized carbons (Fsp3) is 0.214. The van der Waals surface area contributed by atoms with E-state index in [2.05, 4.69) is 4.98 Å².